The fourth-order valence-electron chi connectivity index (χ4n) is 3.23. The second-order valence-electron chi connectivity index (χ2n) is 7.86. The maximum Gasteiger partial charge on any atom is 0.156 e. The number of hydrogen-bond donors (Lipinski definition) is 3. The van der Waals surface area contributed by atoms with Crippen molar-refractivity contribution in [3.8, 4) is 0 Å². The average molecular weight is 423 g/mol. The third-order valence-corrected chi connectivity index (χ3v) is 5.03. The van der Waals surface area contributed by atoms with Crippen molar-refractivity contribution in [2.75, 3.05) is 17.2 Å². The van der Waals surface area contributed by atoms with Gasteiger partial charge in [-0.15, -0.1) is 0 Å². The Kier molecular flexibility index (Phi) is 5.40. The quantitative estimate of drug-likeness (QED) is 0.418. The van der Waals surface area contributed by atoms with Crippen LogP contribution in [0.15, 0.2) is 48.9 Å². The summed E-state index contributed by atoms with van der Waals surface area (Å²) in [6, 6.07) is 11.3. The standard InChI is InChI=1S/C22H23ClN6O/c1-13(28-21-19-17(26-12-27-21)8-5-9-24-19)15-10-14-6-4-7-16(23)18(14)29-20(15)25-11-22(2,3)30/h4-10,12-13,30H,11H2,1-3H3,(H,25,29)(H,26,27,28). The van der Waals surface area contributed by atoms with Crippen LogP contribution in [0.25, 0.3) is 21.9 Å². The summed E-state index contributed by atoms with van der Waals surface area (Å²) in [6.07, 6.45) is 3.24. The van der Waals surface area contributed by atoms with Gasteiger partial charge in [0.1, 0.15) is 17.7 Å². The average Bonchev–Trinajstić information content (AvgIpc) is 2.72. The Morgan fingerprint density at radius 1 is 1.07 bits per heavy atom. The van der Waals surface area contributed by atoms with Gasteiger partial charge in [0.05, 0.1) is 27.7 Å². The molecule has 3 aromatic heterocycles. The van der Waals surface area contributed by atoms with Crippen LogP contribution in [0, 0.1) is 0 Å². The zero-order chi connectivity index (χ0) is 21.3. The van der Waals surface area contributed by atoms with Gasteiger partial charge in [-0.25, -0.2) is 15.0 Å². The van der Waals surface area contributed by atoms with Gasteiger partial charge < -0.3 is 15.7 Å². The summed E-state index contributed by atoms with van der Waals surface area (Å²) in [5, 5.41) is 18.4. The minimum Gasteiger partial charge on any atom is -0.389 e. The minimum absolute atomic E-state index is 0.148. The first-order valence-corrected chi connectivity index (χ1v) is 10.1. The number of nitrogens with one attached hydrogen (secondary N) is 2. The summed E-state index contributed by atoms with van der Waals surface area (Å²) in [5.74, 6) is 1.30. The van der Waals surface area contributed by atoms with Crippen molar-refractivity contribution in [3.05, 3.63) is 59.5 Å². The molecule has 0 fully saturated rings. The molecular formula is C22H23ClN6O. The fourth-order valence-corrected chi connectivity index (χ4v) is 3.46. The van der Waals surface area contributed by atoms with Crippen LogP contribution in [0.1, 0.15) is 32.4 Å². The molecule has 30 heavy (non-hydrogen) atoms. The summed E-state index contributed by atoms with van der Waals surface area (Å²) < 4.78 is 0. The highest BCUT2D eigenvalue weighted by atomic mass is 35.5. The molecule has 1 aromatic carbocycles. The van der Waals surface area contributed by atoms with Gasteiger partial charge in [0, 0.05) is 23.7 Å². The van der Waals surface area contributed by atoms with Crippen LogP contribution in [0.2, 0.25) is 5.02 Å². The lowest BCUT2D eigenvalue weighted by Gasteiger charge is -2.23. The lowest BCUT2D eigenvalue weighted by atomic mass is 10.0. The van der Waals surface area contributed by atoms with E-state index in [-0.39, 0.29) is 6.04 Å². The van der Waals surface area contributed by atoms with E-state index in [1.54, 1.807) is 20.0 Å². The van der Waals surface area contributed by atoms with E-state index in [4.69, 9.17) is 16.6 Å². The number of aromatic nitrogens is 4. The van der Waals surface area contributed by atoms with Gasteiger partial charge in [-0.2, -0.15) is 0 Å². The monoisotopic (exact) mass is 422 g/mol. The molecule has 0 bridgehead atoms. The lowest BCUT2D eigenvalue weighted by Crippen LogP contribution is -2.30. The number of nitrogens with zero attached hydrogens (tertiary/aromatic N) is 4. The van der Waals surface area contributed by atoms with E-state index in [1.165, 1.54) is 6.33 Å². The molecule has 8 heteroatoms. The van der Waals surface area contributed by atoms with E-state index in [1.807, 2.05) is 37.3 Å². The molecule has 0 spiro atoms. The molecule has 3 N–H and O–H groups in total. The number of pyridine rings is 2. The zero-order valence-electron chi connectivity index (χ0n) is 17.0. The second kappa shape index (κ2) is 8.01. The number of para-hydroxylation sites is 1. The Balaban J connectivity index is 1.75. The molecule has 0 amide bonds. The van der Waals surface area contributed by atoms with Crippen molar-refractivity contribution in [3.63, 3.8) is 0 Å². The number of fused-ring (bicyclic) bond motifs is 2. The molecule has 0 aliphatic heterocycles. The largest absolute Gasteiger partial charge is 0.389 e. The summed E-state index contributed by atoms with van der Waals surface area (Å²) in [5.41, 5.74) is 2.22. The number of hydrogen-bond acceptors (Lipinski definition) is 7. The number of anilines is 2. The summed E-state index contributed by atoms with van der Waals surface area (Å²) in [6.45, 7) is 5.86. The third-order valence-electron chi connectivity index (χ3n) is 4.73. The van der Waals surface area contributed by atoms with Crippen LogP contribution >= 0.6 is 11.6 Å². The number of aliphatic hydroxyl groups is 1. The smallest absolute Gasteiger partial charge is 0.156 e. The van der Waals surface area contributed by atoms with Crippen molar-refractivity contribution < 1.29 is 5.11 Å². The minimum atomic E-state index is -0.891. The molecule has 1 unspecified atom stereocenters. The molecule has 4 rings (SSSR count). The fraction of sp³-hybridized carbons (Fsp3) is 0.273. The number of halogens is 1. The topological polar surface area (TPSA) is 95.9 Å². The molecule has 0 saturated carbocycles. The van der Waals surface area contributed by atoms with Crippen molar-refractivity contribution in [1.82, 2.24) is 19.9 Å². The highest BCUT2D eigenvalue weighted by molar-refractivity contribution is 6.35. The molecule has 1 atom stereocenters. The first-order chi connectivity index (χ1) is 14.3. The summed E-state index contributed by atoms with van der Waals surface area (Å²) >= 11 is 6.37. The van der Waals surface area contributed by atoms with E-state index >= 15 is 0 Å². The Morgan fingerprint density at radius 3 is 2.70 bits per heavy atom. The van der Waals surface area contributed by atoms with Gasteiger partial charge in [-0.05, 0) is 45.0 Å². The molecule has 154 valence electrons. The summed E-state index contributed by atoms with van der Waals surface area (Å²) in [4.78, 5) is 17.8. The molecule has 3 heterocycles. The predicted molar refractivity (Wildman–Crippen MR) is 121 cm³/mol. The van der Waals surface area contributed by atoms with Crippen molar-refractivity contribution in [1.29, 1.82) is 0 Å². The maximum atomic E-state index is 10.2. The van der Waals surface area contributed by atoms with Gasteiger partial charge in [0.15, 0.2) is 5.82 Å². The van der Waals surface area contributed by atoms with Crippen LogP contribution in [-0.4, -0.2) is 37.2 Å². The highest BCUT2D eigenvalue weighted by Crippen LogP contribution is 2.32. The second-order valence-corrected chi connectivity index (χ2v) is 8.27. The van der Waals surface area contributed by atoms with E-state index in [0.29, 0.717) is 34.2 Å². The van der Waals surface area contributed by atoms with E-state index in [9.17, 15) is 5.11 Å². The molecule has 7 nitrogen and oxygen atoms in total. The Morgan fingerprint density at radius 2 is 1.90 bits per heavy atom. The van der Waals surface area contributed by atoms with Crippen molar-refractivity contribution in [2.45, 2.75) is 32.4 Å². The van der Waals surface area contributed by atoms with Crippen LogP contribution < -0.4 is 10.6 Å². The number of benzene rings is 1. The van der Waals surface area contributed by atoms with Gasteiger partial charge in [-0.3, -0.25) is 4.98 Å². The van der Waals surface area contributed by atoms with Crippen LogP contribution in [0.3, 0.4) is 0 Å². The van der Waals surface area contributed by atoms with E-state index in [2.05, 4.69) is 31.7 Å². The van der Waals surface area contributed by atoms with Crippen LogP contribution in [-0.2, 0) is 0 Å². The first kappa shape index (κ1) is 20.3. The Hall–Kier alpha value is -3.03. The van der Waals surface area contributed by atoms with Crippen LogP contribution in [0.5, 0.6) is 0 Å². The van der Waals surface area contributed by atoms with E-state index < -0.39 is 5.60 Å². The number of rotatable bonds is 6. The van der Waals surface area contributed by atoms with Crippen molar-refractivity contribution >= 4 is 45.2 Å². The maximum absolute atomic E-state index is 10.2. The molecule has 0 aliphatic rings. The molecule has 0 saturated heterocycles. The first-order valence-electron chi connectivity index (χ1n) is 9.69. The highest BCUT2D eigenvalue weighted by Gasteiger charge is 2.19. The molecular weight excluding hydrogens is 400 g/mol. The Labute approximate surface area is 179 Å². The van der Waals surface area contributed by atoms with Gasteiger partial charge in [0.25, 0.3) is 0 Å². The predicted octanol–water partition coefficient (Wildman–Crippen LogP) is 4.58. The van der Waals surface area contributed by atoms with Gasteiger partial charge >= 0.3 is 0 Å². The Bertz CT molecular complexity index is 1200. The molecule has 4 aromatic rings. The lowest BCUT2D eigenvalue weighted by molar-refractivity contribution is 0.0944. The summed E-state index contributed by atoms with van der Waals surface area (Å²) in [7, 11) is 0. The van der Waals surface area contributed by atoms with Gasteiger partial charge in [0.2, 0.25) is 0 Å². The normalized spacial score (nSPS) is 12.8. The van der Waals surface area contributed by atoms with E-state index in [0.717, 1.165) is 16.5 Å². The molecule has 0 aliphatic carbocycles. The zero-order valence-corrected chi connectivity index (χ0v) is 17.8. The molecule has 0 radical (unpaired) electrons. The van der Waals surface area contributed by atoms with Crippen molar-refractivity contribution in [2.24, 2.45) is 0 Å². The SMILES string of the molecule is CC(Nc1ncnc2cccnc12)c1cc2cccc(Cl)c2nc1NCC(C)(C)O. The van der Waals surface area contributed by atoms with Crippen LogP contribution in [0.4, 0.5) is 11.6 Å². The van der Waals surface area contributed by atoms with Gasteiger partial charge in [-0.1, -0.05) is 23.7 Å². The third kappa shape index (κ3) is 4.27.